The smallest absolute Gasteiger partial charge is 0.870 e. The van der Waals surface area contributed by atoms with Crippen LogP contribution in [0.2, 0.25) is 0 Å². The van der Waals surface area contributed by atoms with Crippen molar-refractivity contribution in [3.05, 3.63) is 48.0 Å². The molecule has 0 saturated heterocycles. The Hall–Kier alpha value is -1.05. The Balaban J connectivity index is 0.00000312. The first-order valence-electron chi connectivity index (χ1n) is 7.96. The van der Waals surface area contributed by atoms with Crippen molar-refractivity contribution in [1.29, 1.82) is 0 Å². The molecule has 5 nitrogen and oxygen atoms in total. The van der Waals surface area contributed by atoms with Gasteiger partial charge in [-0.2, -0.15) is 8.42 Å². The third-order valence-corrected chi connectivity index (χ3v) is 4.64. The molecular formula is C18H21NaO5S. The maximum Gasteiger partial charge on any atom is 1.00 e. The van der Waals surface area contributed by atoms with Crippen molar-refractivity contribution in [2.24, 2.45) is 0 Å². The number of benzene rings is 2. The number of hydrogen-bond acceptors (Lipinski definition) is 4. The fourth-order valence-corrected chi connectivity index (χ4v) is 3.39. The van der Waals surface area contributed by atoms with E-state index < -0.39 is 20.8 Å². The molecule has 1 N–H and O–H groups in total. The van der Waals surface area contributed by atoms with Gasteiger partial charge in [0.2, 0.25) is 0 Å². The summed E-state index contributed by atoms with van der Waals surface area (Å²) >= 11 is 0. The molecule has 2 aromatic rings. The minimum Gasteiger partial charge on any atom is -0.870 e. The SMILES string of the molecule is CCCCCCc1ccc([O-])c(Oc2ccccc2)c1S(=O)(=O)O.[Na+]. The van der Waals surface area contributed by atoms with Gasteiger partial charge in [0.05, 0.1) is 0 Å². The predicted molar refractivity (Wildman–Crippen MR) is 90.1 cm³/mol. The average Bonchev–Trinajstić information content (AvgIpc) is 2.54. The fourth-order valence-electron chi connectivity index (χ4n) is 2.51. The van der Waals surface area contributed by atoms with Gasteiger partial charge in [-0.3, -0.25) is 4.55 Å². The number of rotatable bonds is 8. The molecule has 25 heavy (non-hydrogen) atoms. The maximum absolute atomic E-state index is 12.1. The largest absolute Gasteiger partial charge is 1.00 e. The van der Waals surface area contributed by atoms with Crippen molar-refractivity contribution in [3.63, 3.8) is 0 Å². The molecule has 0 aliphatic carbocycles. The third-order valence-electron chi connectivity index (χ3n) is 3.68. The van der Waals surface area contributed by atoms with Gasteiger partial charge in [-0.25, -0.2) is 0 Å². The van der Waals surface area contributed by atoms with Crippen LogP contribution in [0, 0.1) is 0 Å². The van der Waals surface area contributed by atoms with E-state index in [0.29, 0.717) is 17.7 Å². The van der Waals surface area contributed by atoms with Gasteiger partial charge in [0.15, 0.2) is 0 Å². The van der Waals surface area contributed by atoms with E-state index in [1.807, 2.05) is 0 Å². The molecular weight excluding hydrogens is 351 g/mol. The Labute approximate surface area is 171 Å². The maximum atomic E-state index is 12.1. The number of unbranched alkanes of at least 4 members (excludes halogenated alkanes) is 3. The summed E-state index contributed by atoms with van der Waals surface area (Å²) in [5.41, 5.74) is 0.402. The van der Waals surface area contributed by atoms with Crippen LogP contribution in [0.5, 0.6) is 17.2 Å². The van der Waals surface area contributed by atoms with E-state index in [0.717, 1.165) is 25.7 Å². The van der Waals surface area contributed by atoms with Crippen LogP contribution < -0.4 is 39.4 Å². The van der Waals surface area contributed by atoms with Gasteiger partial charge < -0.3 is 9.84 Å². The first-order chi connectivity index (χ1) is 11.4. The van der Waals surface area contributed by atoms with Gasteiger partial charge in [0.1, 0.15) is 16.4 Å². The quantitative estimate of drug-likeness (QED) is 0.423. The van der Waals surface area contributed by atoms with E-state index in [-0.39, 0.29) is 35.3 Å². The van der Waals surface area contributed by atoms with Gasteiger partial charge in [0, 0.05) is 0 Å². The first kappa shape index (κ1) is 22.0. The molecule has 0 saturated carbocycles. The van der Waals surface area contributed by atoms with Crippen LogP contribution in [0.15, 0.2) is 47.4 Å². The third kappa shape index (κ3) is 6.31. The van der Waals surface area contributed by atoms with E-state index in [1.54, 1.807) is 30.3 Å². The zero-order valence-corrected chi connectivity index (χ0v) is 17.4. The standard InChI is InChI=1S/C18H22O5S.Na/c1-2-3-4-6-9-14-12-13-16(19)17(18(14)24(20,21)22)23-15-10-7-5-8-11-15;/h5,7-8,10-13,19H,2-4,6,9H2,1H3,(H,20,21,22);/q;+1/p-1. The van der Waals surface area contributed by atoms with Crippen LogP contribution >= 0.6 is 0 Å². The number of aryl methyl sites for hydroxylation is 1. The van der Waals surface area contributed by atoms with Crippen LogP contribution in [-0.2, 0) is 16.5 Å². The molecule has 0 heterocycles. The minimum absolute atomic E-state index is 0. The van der Waals surface area contributed by atoms with Gasteiger partial charge >= 0.3 is 29.6 Å². The molecule has 0 radical (unpaired) electrons. The zero-order chi connectivity index (χ0) is 17.6. The summed E-state index contributed by atoms with van der Waals surface area (Å²) in [7, 11) is -4.57. The summed E-state index contributed by atoms with van der Waals surface area (Å²) in [5, 5.41) is 12.1. The van der Waals surface area contributed by atoms with E-state index in [9.17, 15) is 18.1 Å². The molecule has 0 atom stereocenters. The van der Waals surface area contributed by atoms with Crippen molar-refractivity contribution >= 4 is 10.1 Å². The van der Waals surface area contributed by atoms with Crippen LogP contribution in [-0.4, -0.2) is 13.0 Å². The molecule has 0 aliphatic rings. The van der Waals surface area contributed by atoms with Crippen molar-refractivity contribution in [2.75, 3.05) is 0 Å². The molecule has 130 valence electrons. The van der Waals surface area contributed by atoms with Crippen LogP contribution in [0.3, 0.4) is 0 Å². The summed E-state index contributed by atoms with van der Waals surface area (Å²) in [5.74, 6) is -0.594. The van der Waals surface area contributed by atoms with Crippen molar-refractivity contribution in [2.45, 2.75) is 43.9 Å². The number of hydrogen-bond donors (Lipinski definition) is 1. The molecule has 0 aromatic heterocycles. The van der Waals surface area contributed by atoms with Gasteiger partial charge in [-0.05, 0) is 30.5 Å². The van der Waals surface area contributed by atoms with Crippen LogP contribution in [0.1, 0.15) is 38.2 Å². The Morgan fingerprint density at radius 1 is 1.04 bits per heavy atom. The van der Waals surface area contributed by atoms with E-state index >= 15 is 0 Å². The van der Waals surface area contributed by atoms with E-state index in [2.05, 4.69) is 6.92 Å². The van der Waals surface area contributed by atoms with Gasteiger partial charge in [-0.1, -0.05) is 62.3 Å². The number of ether oxygens (including phenoxy) is 1. The summed E-state index contributed by atoms with van der Waals surface area (Å²) < 4.78 is 38.8. The molecule has 2 rings (SSSR count). The second kappa shape index (κ2) is 10.2. The molecule has 0 aliphatic heterocycles. The van der Waals surface area contributed by atoms with Crippen molar-refractivity contribution < 1.29 is 52.4 Å². The Bertz CT molecular complexity index is 776. The molecule has 0 amide bonds. The molecule has 0 fully saturated rings. The summed E-state index contributed by atoms with van der Waals surface area (Å²) in [6.45, 7) is 2.08. The predicted octanol–water partition coefficient (Wildman–Crippen LogP) is 0.926. The first-order valence-corrected chi connectivity index (χ1v) is 9.40. The van der Waals surface area contributed by atoms with E-state index in [4.69, 9.17) is 4.74 Å². The Kier molecular flexibility index (Phi) is 8.96. The Morgan fingerprint density at radius 3 is 2.32 bits per heavy atom. The fraction of sp³-hybridized carbons (Fsp3) is 0.333. The minimum atomic E-state index is -4.57. The summed E-state index contributed by atoms with van der Waals surface area (Å²) in [6.07, 6.45) is 4.30. The topological polar surface area (TPSA) is 86.7 Å². The molecule has 0 bridgehead atoms. The van der Waals surface area contributed by atoms with Crippen molar-refractivity contribution in [1.82, 2.24) is 0 Å². The second-order valence-electron chi connectivity index (χ2n) is 5.58. The van der Waals surface area contributed by atoms with Crippen LogP contribution in [0.4, 0.5) is 0 Å². The van der Waals surface area contributed by atoms with Gasteiger partial charge in [-0.15, -0.1) is 0 Å². The molecule has 0 spiro atoms. The monoisotopic (exact) mass is 372 g/mol. The normalized spacial score (nSPS) is 11.0. The summed E-state index contributed by atoms with van der Waals surface area (Å²) in [6, 6.07) is 11.2. The molecule has 0 unspecified atom stereocenters. The molecule has 7 heteroatoms. The van der Waals surface area contributed by atoms with Gasteiger partial charge in [0.25, 0.3) is 10.1 Å². The van der Waals surface area contributed by atoms with Crippen molar-refractivity contribution in [3.8, 4) is 17.2 Å². The summed E-state index contributed by atoms with van der Waals surface area (Å²) in [4.78, 5) is -0.421. The van der Waals surface area contributed by atoms with E-state index in [1.165, 1.54) is 12.1 Å². The average molecular weight is 372 g/mol. The van der Waals surface area contributed by atoms with Crippen LogP contribution in [0.25, 0.3) is 0 Å². The number of para-hydroxylation sites is 1. The molecule has 2 aromatic carbocycles. The Morgan fingerprint density at radius 2 is 1.72 bits per heavy atom. The second-order valence-corrected chi connectivity index (χ2v) is 6.94. The zero-order valence-electron chi connectivity index (χ0n) is 14.6.